The Morgan fingerprint density at radius 1 is 1.30 bits per heavy atom. The summed E-state index contributed by atoms with van der Waals surface area (Å²) in [6.45, 7) is 1.38. The fraction of sp³-hybridized carbons (Fsp3) is 0.500. The van der Waals surface area contributed by atoms with E-state index in [-0.39, 0.29) is 0 Å². The van der Waals surface area contributed by atoms with Crippen LogP contribution in [0.4, 0.5) is 0 Å². The van der Waals surface area contributed by atoms with Crippen molar-refractivity contribution in [3.63, 3.8) is 0 Å². The Hall–Kier alpha value is 0.350. The van der Waals surface area contributed by atoms with E-state index in [1.807, 2.05) is 0 Å². The number of rotatable bonds is 3. The van der Waals surface area contributed by atoms with Crippen molar-refractivity contribution in [3.05, 3.63) is 0 Å². The fourth-order valence-electron chi connectivity index (χ4n) is 0.334. The minimum atomic E-state index is 0.381. The molecule has 0 atom stereocenters. The lowest BCUT2D eigenvalue weighted by Gasteiger charge is -2.09. The molecule has 0 aromatic heterocycles. The van der Waals surface area contributed by atoms with Crippen LogP contribution in [0.2, 0.25) is 0 Å². The molecule has 10 heavy (non-hydrogen) atoms. The first kappa shape index (κ1) is 10.3. The Labute approximate surface area is 82.0 Å². The van der Waals surface area contributed by atoms with E-state index in [0.717, 1.165) is 0 Å². The first-order chi connectivity index (χ1) is 4.63. The number of thiocarbonyl (C=S) groups is 2. The van der Waals surface area contributed by atoms with E-state index in [4.69, 9.17) is 0 Å². The molecular formula is C4H7N2S4-. The van der Waals surface area contributed by atoms with Gasteiger partial charge in [-0.3, -0.25) is 0 Å². The summed E-state index contributed by atoms with van der Waals surface area (Å²) in [5.41, 5.74) is 0. The van der Waals surface area contributed by atoms with Gasteiger partial charge in [-0.05, 0) is 0 Å². The van der Waals surface area contributed by atoms with Crippen molar-refractivity contribution in [2.45, 2.75) is 0 Å². The van der Waals surface area contributed by atoms with E-state index < -0.39 is 0 Å². The summed E-state index contributed by atoms with van der Waals surface area (Å²) in [7, 11) is 0. The summed E-state index contributed by atoms with van der Waals surface area (Å²) >= 11 is 17.7. The molecule has 2 N–H and O–H groups in total. The molecule has 0 spiro atoms. The molecule has 0 saturated carbocycles. The lowest BCUT2D eigenvalue weighted by molar-refractivity contribution is 0.834. The molecule has 0 aliphatic carbocycles. The first-order valence-corrected chi connectivity index (χ1v) is 4.22. The van der Waals surface area contributed by atoms with Gasteiger partial charge >= 0.3 is 0 Å². The molecule has 0 aromatic carbocycles. The van der Waals surface area contributed by atoms with Crippen molar-refractivity contribution in [1.82, 2.24) is 10.6 Å². The normalized spacial score (nSPS) is 8.50. The standard InChI is InChI=1S/C4H8N2S4/c7-3(8)5-1-2-6-4(9)10/h1-2H2,(H2,5,7,8)(H2,6,9,10)/p-1. The average molecular weight is 211 g/mol. The highest BCUT2D eigenvalue weighted by Crippen LogP contribution is 1.74. The van der Waals surface area contributed by atoms with E-state index in [0.29, 0.717) is 21.7 Å². The number of nitrogens with one attached hydrogen (secondary N) is 2. The van der Waals surface area contributed by atoms with Gasteiger partial charge in [0.15, 0.2) is 0 Å². The topological polar surface area (TPSA) is 24.1 Å². The molecule has 6 heteroatoms. The van der Waals surface area contributed by atoms with Crippen LogP contribution in [0.25, 0.3) is 0 Å². The largest absolute Gasteiger partial charge is 0.412 e. The van der Waals surface area contributed by atoms with E-state index >= 15 is 0 Å². The predicted molar refractivity (Wildman–Crippen MR) is 57.6 cm³/mol. The van der Waals surface area contributed by atoms with Gasteiger partial charge in [-0.15, -0.1) is 12.6 Å². The second kappa shape index (κ2) is 6.09. The molecule has 2 nitrogen and oxygen atoms in total. The molecule has 0 radical (unpaired) electrons. The molecule has 58 valence electrons. The van der Waals surface area contributed by atoms with Gasteiger partial charge in [-0.2, -0.15) is 0 Å². The molecular weight excluding hydrogens is 204 g/mol. The molecule has 0 aliphatic rings. The van der Waals surface area contributed by atoms with Crippen molar-refractivity contribution in [1.29, 1.82) is 0 Å². The molecule has 0 aromatic rings. The molecule has 0 amide bonds. The summed E-state index contributed by atoms with van der Waals surface area (Å²) in [4.78, 5) is 0. The van der Waals surface area contributed by atoms with Crippen molar-refractivity contribution in [2.75, 3.05) is 13.1 Å². The Morgan fingerprint density at radius 2 is 1.80 bits per heavy atom. The van der Waals surface area contributed by atoms with Crippen LogP contribution in [0, 0.1) is 0 Å². The Morgan fingerprint density at radius 3 is 2.20 bits per heavy atom. The molecule has 0 bridgehead atoms. The van der Waals surface area contributed by atoms with Crippen LogP contribution in [0.3, 0.4) is 0 Å². The molecule has 0 rings (SSSR count). The summed E-state index contributed by atoms with van der Waals surface area (Å²) < 4.78 is 0.865. The maximum atomic E-state index is 4.64. The van der Waals surface area contributed by atoms with Gasteiger partial charge in [0.1, 0.15) is 4.32 Å². The summed E-state index contributed by atoms with van der Waals surface area (Å²) in [5, 5.41) is 5.62. The fourth-order valence-corrected chi connectivity index (χ4v) is 0.752. The number of thiol groups is 1. The maximum Gasteiger partial charge on any atom is 0.130 e. The van der Waals surface area contributed by atoms with Crippen LogP contribution in [-0.4, -0.2) is 21.7 Å². The first-order valence-electron chi connectivity index (χ1n) is 2.54. The SMILES string of the molecule is S=C([S-])NCCNC(=S)S. The second-order valence-electron chi connectivity index (χ2n) is 1.45. The predicted octanol–water partition coefficient (Wildman–Crippen LogP) is 0.212. The monoisotopic (exact) mass is 211 g/mol. The van der Waals surface area contributed by atoms with E-state index in [1.54, 1.807) is 0 Å². The van der Waals surface area contributed by atoms with Gasteiger partial charge in [0, 0.05) is 13.1 Å². The summed E-state index contributed by atoms with van der Waals surface area (Å²) in [6.07, 6.45) is 0. The lowest BCUT2D eigenvalue weighted by Crippen LogP contribution is -2.30. The highest BCUT2D eigenvalue weighted by Gasteiger charge is 1.84. The van der Waals surface area contributed by atoms with E-state index in [1.165, 1.54) is 0 Å². The van der Waals surface area contributed by atoms with Crippen LogP contribution >= 0.6 is 37.1 Å². The van der Waals surface area contributed by atoms with Crippen molar-refractivity contribution in [2.24, 2.45) is 0 Å². The number of hydrogen-bond donors (Lipinski definition) is 3. The van der Waals surface area contributed by atoms with E-state index in [9.17, 15) is 0 Å². The molecule has 0 saturated heterocycles. The maximum absolute atomic E-state index is 4.64. The molecule has 0 fully saturated rings. The average Bonchev–Trinajstić information content (AvgIpc) is 1.79. The third-order valence-electron chi connectivity index (χ3n) is 0.671. The van der Waals surface area contributed by atoms with Crippen LogP contribution < -0.4 is 10.6 Å². The zero-order chi connectivity index (χ0) is 7.98. The smallest absolute Gasteiger partial charge is 0.130 e. The van der Waals surface area contributed by atoms with Gasteiger partial charge in [-0.25, -0.2) is 0 Å². The minimum absolute atomic E-state index is 0.381. The summed E-state index contributed by atoms with van der Waals surface area (Å²) in [6, 6.07) is 0. The quantitative estimate of drug-likeness (QED) is 0.268. The Kier molecular flexibility index (Phi) is 6.30. The van der Waals surface area contributed by atoms with Crippen molar-refractivity contribution >= 4 is 58.3 Å². The van der Waals surface area contributed by atoms with Gasteiger partial charge in [0.05, 0.1) is 0 Å². The van der Waals surface area contributed by atoms with E-state index in [2.05, 4.69) is 60.3 Å². The summed E-state index contributed by atoms with van der Waals surface area (Å²) in [5.74, 6) is 0. The van der Waals surface area contributed by atoms with Crippen LogP contribution in [0.15, 0.2) is 0 Å². The van der Waals surface area contributed by atoms with Gasteiger partial charge < -0.3 is 35.5 Å². The molecule has 0 aliphatic heterocycles. The van der Waals surface area contributed by atoms with Crippen molar-refractivity contribution < 1.29 is 0 Å². The second-order valence-corrected chi connectivity index (χ2v) is 3.68. The van der Waals surface area contributed by atoms with Crippen LogP contribution in [-0.2, 0) is 12.6 Å². The highest BCUT2D eigenvalue weighted by atomic mass is 32.1. The Bertz CT molecular complexity index is 119. The Balaban J connectivity index is 3.06. The van der Waals surface area contributed by atoms with Gasteiger partial charge in [-0.1, -0.05) is 16.5 Å². The highest BCUT2D eigenvalue weighted by molar-refractivity contribution is 8.11. The third-order valence-corrected chi connectivity index (χ3v) is 1.26. The number of hydrogen-bond acceptors (Lipinski definition) is 3. The minimum Gasteiger partial charge on any atom is -0.412 e. The van der Waals surface area contributed by atoms with Gasteiger partial charge in [0.25, 0.3) is 0 Å². The molecule has 0 heterocycles. The lowest BCUT2D eigenvalue weighted by atomic mass is 10.6. The zero-order valence-corrected chi connectivity index (χ0v) is 8.43. The van der Waals surface area contributed by atoms with Crippen molar-refractivity contribution in [3.8, 4) is 0 Å². The van der Waals surface area contributed by atoms with Crippen LogP contribution in [0.5, 0.6) is 0 Å². The third kappa shape index (κ3) is 8.35. The zero-order valence-electron chi connectivity index (χ0n) is 5.09. The molecule has 0 unspecified atom stereocenters. The van der Waals surface area contributed by atoms with Gasteiger partial charge in [0.2, 0.25) is 0 Å². The van der Waals surface area contributed by atoms with Crippen LogP contribution in [0.1, 0.15) is 0 Å².